The van der Waals surface area contributed by atoms with E-state index in [1.165, 1.54) is 0 Å². The van der Waals surface area contributed by atoms with E-state index in [2.05, 4.69) is 5.32 Å². The Balaban J connectivity index is 1.99. The van der Waals surface area contributed by atoms with Gasteiger partial charge in [-0.15, -0.1) is 0 Å². The van der Waals surface area contributed by atoms with Crippen LogP contribution < -0.4 is 5.32 Å². The summed E-state index contributed by atoms with van der Waals surface area (Å²) in [5, 5.41) is 13.1. The first-order valence-electron chi connectivity index (χ1n) is 6.72. The molecule has 0 saturated carbocycles. The highest BCUT2D eigenvalue weighted by molar-refractivity contribution is 5.70. The van der Waals surface area contributed by atoms with Crippen LogP contribution in [0.15, 0.2) is 48.5 Å². The summed E-state index contributed by atoms with van der Waals surface area (Å²) in [6.45, 7) is -1.31. The maximum atomic E-state index is 12.1. The van der Waals surface area contributed by atoms with E-state index in [1.807, 2.05) is 30.4 Å². The van der Waals surface area contributed by atoms with Crippen LogP contribution in [0.3, 0.4) is 0 Å². The van der Waals surface area contributed by atoms with Crippen LogP contribution in [0, 0.1) is 0 Å². The van der Waals surface area contributed by atoms with Gasteiger partial charge in [-0.25, -0.2) is 5.11 Å². The maximum Gasteiger partial charge on any atom is 0.405 e. The van der Waals surface area contributed by atoms with Gasteiger partial charge in [-0.3, -0.25) is 0 Å². The highest BCUT2D eigenvalue weighted by atomic mass is 19.4. The Bertz CT molecular complexity index is 633. The monoisotopic (exact) mass is 306 g/mol. The van der Waals surface area contributed by atoms with Gasteiger partial charge in [0.1, 0.15) is 13.2 Å². The van der Waals surface area contributed by atoms with Crippen LogP contribution in [0.4, 0.5) is 18.9 Å². The Morgan fingerprint density at radius 3 is 2.27 bits per heavy atom. The van der Waals surface area contributed by atoms with Gasteiger partial charge in [0.2, 0.25) is 0 Å². The van der Waals surface area contributed by atoms with Gasteiger partial charge < -0.3 is 5.32 Å². The van der Waals surface area contributed by atoms with Crippen molar-refractivity contribution in [2.24, 2.45) is 0 Å². The van der Waals surface area contributed by atoms with Gasteiger partial charge in [0.05, 0.1) is 0 Å². The Labute approximate surface area is 126 Å². The van der Waals surface area contributed by atoms with E-state index in [4.69, 9.17) is 0 Å². The summed E-state index contributed by atoms with van der Waals surface area (Å²) >= 11 is 0. The molecule has 2 aromatic rings. The van der Waals surface area contributed by atoms with Crippen LogP contribution in [-0.2, 0) is 11.7 Å². The van der Waals surface area contributed by atoms with Crippen molar-refractivity contribution in [2.45, 2.75) is 12.8 Å². The zero-order valence-corrected chi connectivity index (χ0v) is 11.7. The van der Waals surface area contributed by atoms with Crippen molar-refractivity contribution in [2.75, 3.05) is 11.9 Å². The van der Waals surface area contributed by atoms with Gasteiger partial charge in [0, 0.05) is 5.69 Å². The van der Waals surface area contributed by atoms with E-state index in [1.54, 1.807) is 30.3 Å². The summed E-state index contributed by atoms with van der Waals surface area (Å²) in [7, 11) is 0. The third-order valence-electron chi connectivity index (χ3n) is 2.99. The van der Waals surface area contributed by atoms with Gasteiger partial charge in [0.25, 0.3) is 0 Å². The molecule has 22 heavy (non-hydrogen) atoms. The fourth-order valence-corrected chi connectivity index (χ4v) is 1.89. The van der Waals surface area contributed by atoms with Crippen molar-refractivity contribution in [3.8, 4) is 0 Å². The number of benzene rings is 2. The number of rotatable bonds is 5. The quantitative estimate of drug-likeness (QED) is 0.793. The SMILES string of the molecule is [O]Cc1cccc(C=Cc2ccc(NCC(F)(F)F)cc2)c1. The highest BCUT2D eigenvalue weighted by Crippen LogP contribution is 2.18. The lowest BCUT2D eigenvalue weighted by atomic mass is 10.1. The van der Waals surface area contributed by atoms with E-state index >= 15 is 0 Å². The number of anilines is 1. The molecule has 2 rings (SSSR count). The van der Waals surface area contributed by atoms with E-state index < -0.39 is 12.7 Å². The summed E-state index contributed by atoms with van der Waals surface area (Å²) in [5.74, 6) is 0. The van der Waals surface area contributed by atoms with E-state index in [-0.39, 0.29) is 6.61 Å². The number of alkyl halides is 3. The summed E-state index contributed by atoms with van der Waals surface area (Å²) in [5.41, 5.74) is 2.91. The first-order chi connectivity index (χ1) is 10.5. The molecule has 1 radical (unpaired) electrons. The average molecular weight is 306 g/mol. The van der Waals surface area contributed by atoms with Crippen LogP contribution >= 0.6 is 0 Å². The molecular weight excluding hydrogens is 291 g/mol. The molecule has 0 atom stereocenters. The predicted octanol–water partition coefficient (Wildman–Crippen LogP) is 4.76. The molecule has 2 nitrogen and oxygen atoms in total. The number of nitrogens with one attached hydrogen (secondary N) is 1. The van der Waals surface area contributed by atoms with Crippen LogP contribution in [-0.4, -0.2) is 12.7 Å². The molecule has 2 aromatic carbocycles. The first-order valence-corrected chi connectivity index (χ1v) is 6.72. The molecule has 0 aliphatic rings. The zero-order valence-electron chi connectivity index (χ0n) is 11.7. The smallest absolute Gasteiger partial charge is 0.376 e. The van der Waals surface area contributed by atoms with E-state index in [0.29, 0.717) is 11.3 Å². The molecule has 0 aliphatic heterocycles. The lowest BCUT2D eigenvalue weighted by Gasteiger charge is -2.09. The van der Waals surface area contributed by atoms with Crippen molar-refractivity contribution < 1.29 is 18.3 Å². The molecule has 5 heteroatoms. The molecule has 0 heterocycles. The molecule has 0 bridgehead atoms. The maximum absolute atomic E-state index is 12.1. The number of hydrogen-bond acceptors (Lipinski definition) is 1. The molecule has 0 saturated heterocycles. The minimum Gasteiger partial charge on any atom is -0.376 e. The number of halogens is 3. The molecule has 0 unspecified atom stereocenters. The fraction of sp³-hybridized carbons (Fsp3) is 0.176. The van der Waals surface area contributed by atoms with Crippen molar-refractivity contribution >= 4 is 17.8 Å². The standard InChI is InChI=1S/C17H15F3NO/c18-17(19,20)12-21-16-8-6-13(7-9-16)4-5-14-2-1-3-15(10-14)11-22/h1-10,21H,11-12H2. The summed E-state index contributed by atoms with van der Waals surface area (Å²) < 4.78 is 36.3. The summed E-state index contributed by atoms with van der Waals surface area (Å²) in [6, 6.07) is 13.9. The second-order valence-electron chi connectivity index (χ2n) is 4.81. The second kappa shape index (κ2) is 7.13. The van der Waals surface area contributed by atoms with Crippen LogP contribution in [0.1, 0.15) is 16.7 Å². The minimum absolute atomic E-state index is 0.263. The van der Waals surface area contributed by atoms with Gasteiger partial charge in [-0.05, 0) is 34.9 Å². The van der Waals surface area contributed by atoms with Crippen LogP contribution in [0.2, 0.25) is 0 Å². The third kappa shape index (κ3) is 5.26. The Morgan fingerprint density at radius 2 is 1.64 bits per heavy atom. The van der Waals surface area contributed by atoms with Gasteiger partial charge in [0.15, 0.2) is 0 Å². The Morgan fingerprint density at radius 1 is 0.955 bits per heavy atom. The first kappa shape index (κ1) is 16.1. The average Bonchev–Trinajstić information content (AvgIpc) is 2.51. The normalized spacial score (nSPS) is 11.8. The van der Waals surface area contributed by atoms with Crippen molar-refractivity contribution in [3.63, 3.8) is 0 Å². The topological polar surface area (TPSA) is 31.9 Å². The fourth-order valence-electron chi connectivity index (χ4n) is 1.89. The molecule has 115 valence electrons. The lowest BCUT2D eigenvalue weighted by molar-refractivity contribution is -0.115. The van der Waals surface area contributed by atoms with Crippen LogP contribution in [0.25, 0.3) is 12.2 Å². The Kier molecular flexibility index (Phi) is 5.22. The number of hydrogen-bond donors (Lipinski definition) is 1. The molecule has 0 aliphatic carbocycles. The highest BCUT2D eigenvalue weighted by Gasteiger charge is 2.26. The van der Waals surface area contributed by atoms with Crippen LogP contribution in [0.5, 0.6) is 0 Å². The summed E-state index contributed by atoms with van der Waals surface area (Å²) in [6.07, 6.45) is -0.528. The largest absolute Gasteiger partial charge is 0.405 e. The lowest BCUT2D eigenvalue weighted by Crippen LogP contribution is -2.21. The predicted molar refractivity (Wildman–Crippen MR) is 80.7 cm³/mol. The molecule has 0 amide bonds. The Hall–Kier alpha value is -2.27. The van der Waals surface area contributed by atoms with Crippen molar-refractivity contribution in [3.05, 3.63) is 65.2 Å². The second-order valence-corrected chi connectivity index (χ2v) is 4.81. The van der Waals surface area contributed by atoms with E-state index in [9.17, 15) is 18.3 Å². The van der Waals surface area contributed by atoms with Gasteiger partial charge in [-0.2, -0.15) is 13.2 Å². The summed E-state index contributed by atoms with van der Waals surface area (Å²) in [4.78, 5) is 0. The minimum atomic E-state index is -4.23. The van der Waals surface area contributed by atoms with E-state index in [0.717, 1.165) is 11.1 Å². The molecular formula is C17H15F3NO. The van der Waals surface area contributed by atoms with Gasteiger partial charge in [-0.1, -0.05) is 42.5 Å². The molecule has 0 fully saturated rings. The molecule has 0 aromatic heterocycles. The van der Waals surface area contributed by atoms with Crippen molar-refractivity contribution in [1.29, 1.82) is 0 Å². The molecule has 0 spiro atoms. The zero-order chi connectivity index (χ0) is 16.0. The molecule has 1 N–H and O–H groups in total. The van der Waals surface area contributed by atoms with Gasteiger partial charge >= 0.3 is 6.18 Å². The third-order valence-corrected chi connectivity index (χ3v) is 2.99. The van der Waals surface area contributed by atoms with Crippen molar-refractivity contribution in [1.82, 2.24) is 0 Å².